The number of carbonyl (C=O) groups is 2. The van der Waals surface area contributed by atoms with E-state index in [0.717, 1.165) is 100.0 Å². The first kappa shape index (κ1) is 47.9. The number of aryl methyl sites for hydroxylation is 1. The summed E-state index contributed by atoms with van der Waals surface area (Å²) in [6, 6.07) is 20.3. The highest BCUT2D eigenvalue weighted by molar-refractivity contribution is 7.24. The van der Waals surface area contributed by atoms with Gasteiger partial charge in [0.25, 0.3) is 0 Å². The summed E-state index contributed by atoms with van der Waals surface area (Å²) in [6.45, 7) is 7.67. The molecule has 14 heteroatoms. The van der Waals surface area contributed by atoms with Crippen molar-refractivity contribution < 1.29 is 9.59 Å². The van der Waals surface area contributed by atoms with E-state index in [4.69, 9.17) is 0 Å². The number of benzene rings is 2. The first-order valence-corrected chi connectivity index (χ1v) is 21.7. The monoisotopic (exact) mass is 836 g/mol. The van der Waals surface area contributed by atoms with Crippen molar-refractivity contribution in [2.75, 3.05) is 41.3 Å². The number of likely N-dealkylation sites (tertiary alicyclic amines) is 2. The molecule has 12 nitrogen and oxygen atoms in total. The zero-order chi connectivity index (χ0) is 43.0. The Bertz CT molecular complexity index is 2070. The third-order valence-corrected chi connectivity index (χ3v) is 11.2. The average Bonchev–Trinajstić information content (AvgIpc) is 4.14. The Hall–Kier alpha value is -5.46. The second kappa shape index (κ2) is 26.5. The molecule has 2 saturated heterocycles. The number of hydrogen-bond donors (Lipinski definition) is 4. The highest BCUT2D eigenvalue weighted by atomic mass is 32.1. The van der Waals surface area contributed by atoms with Crippen LogP contribution in [0.4, 0.5) is 0 Å². The van der Waals surface area contributed by atoms with E-state index in [9.17, 15) is 9.59 Å². The molecule has 314 valence electrons. The van der Waals surface area contributed by atoms with Crippen molar-refractivity contribution in [2.24, 2.45) is 0 Å². The summed E-state index contributed by atoms with van der Waals surface area (Å²) in [5.41, 5.74) is 4.13. The van der Waals surface area contributed by atoms with Crippen molar-refractivity contribution in [1.29, 1.82) is 0 Å². The smallest absolute Gasteiger partial charge is 0.227 e. The minimum absolute atomic E-state index is 0.00216. The van der Waals surface area contributed by atoms with Gasteiger partial charge in [-0.05, 0) is 71.4 Å². The van der Waals surface area contributed by atoms with Gasteiger partial charge in [-0.2, -0.15) is 0 Å². The van der Waals surface area contributed by atoms with Gasteiger partial charge in [0.1, 0.15) is 21.7 Å². The number of amides is 2. The summed E-state index contributed by atoms with van der Waals surface area (Å²) in [5.74, 6) is 1.74. The third-order valence-electron chi connectivity index (χ3n) is 8.99. The van der Waals surface area contributed by atoms with Crippen LogP contribution in [-0.2, 0) is 22.4 Å². The Morgan fingerprint density at radius 3 is 1.66 bits per heavy atom. The van der Waals surface area contributed by atoms with Crippen molar-refractivity contribution in [3.63, 3.8) is 0 Å². The zero-order valence-corrected chi connectivity index (χ0v) is 37.1. The number of aromatic nitrogens is 6. The van der Waals surface area contributed by atoms with E-state index in [0.29, 0.717) is 6.42 Å². The molecule has 0 radical (unpaired) electrons. The highest BCUT2D eigenvalue weighted by Gasteiger charge is 2.32. The van der Waals surface area contributed by atoms with Crippen LogP contribution >= 0.6 is 22.7 Å². The number of aromatic amines is 2. The SMILES string of the molecule is C#C.CC.CCc1ccccc1.CNC.CNC.O=CN1CCC[C@H]1c1ncc(-c2ncc(-c3cnc(-c4cnc([C@@H]5CCCN5C(=O)Cc5ccccc5)[nH]4)s3)s2)[nH]1. The molecular formula is C45H60N10O2S2. The maximum atomic E-state index is 13.1. The normalized spacial score (nSPS) is 15.1. The molecule has 0 unspecified atom stereocenters. The lowest BCUT2D eigenvalue weighted by molar-refractivity contribution is -0.131. The Balaban J connectivity index is 0.000000438. The van der Waals surface area contributed by atoms with Crippen LogP contribution in [0.5, 0.6) is 0 Å². The number of hydrogen-bond acceptors (Lipinski definition) is 10. The number of terminal acetylenes is 1. The number of thiazole rings is 2. The van der Waals surface area contributed by atoms with Gasteiger partial charge >= 0.3 is 0 Å². The molecule has 8 rings (SSSR count). The standard InChI is InChI=1S/C29H28N8O2S2.C8H10.2C2H7N.C2H6.C2H2/c38-17-36-10-4-8-21(36)26-30-13-19(34-26)28-32-15-23(40-28)24-16-33-29(41-24)20-14-31-27(35-20)22-9-5-11-37(22)25(39)12-18-6-2-1-3-7-18;1-2-8-6-4-3-5-7-8;2*1-3-2;2*1-2/h1-3,6-7,13-17,21-22H,4-5,8-12H2,(H,30,34)(H,31,35);3-7H,2H2,1H3;2*3H,1-2H3;1-2H3;1-2H/t21-,22-;;;;;/m0...../s1. The highest BCUT2D eigenvalue weighted by Crippen LogP contribution is 2.39. The van der Waals surface area contributed by atoms with Crippen molar-refractivity contribution in [1.82, 2.24) is 50.3 Å². The van der Waals surface area contributed by atoms with Gasteiger partial charge in [0, 0.05) is 25.5 Å². The molecule has 2 aliphatic rings. The second-order valence-corrected chi connectivity index (χ2v) is 15.2. The molecule has 4 N–H and O–H groups in total. The van der Waals surface area contributed by atoms with E-state index in [1.807, 2.05) is 102 Å². The Kier molecular flexibility index (Phi) is 21.5. The predicted molar refractivity (Wildman–Crippen MR) is 244 cm³/mol. The van der Waals surface area contributed by atoms with Crippen molar-refractivity contribution in [2.45, 2.75) is 71.4 Å². The number of H-pyrrole nitrogens is 2. The first-order chi connectivity index (χ1) is 28.9. The third kappa shape index (κ3) is 13.8. The molecule has 2 fully saturated rings. The minimum atomic E-state index is -0.0504. The fraction of sp³-hybridized carbons (Fsp3) is 0.378. The molecule has 0 spiro atoms. The Morgan fingerprint density at radius 1 is 0.729 bits per heavy atom. The molecule has 2 amide bonds. The fourth-order valence-corrected chi connectivity index (χ4v) is 8.22. The number of carbonyl (C=O) groups excluding carboxylic acids is 2. The number of nitrogens with one attached hydrogen (secondary N) is 4. The first-order valence-electron chi connectivity index (χ1n) is 20.0. The van der Waals surface area contributed by atoms with Crippen LogP contribution in [0.1, 0.15) is 81.3 Å². The van der Waals surface area contributed by atoms with Crippen LogP contribution in [0, 0.1) is 12.8 Å². The van der Waals surface area contributed by atoms with Crippen molar-refractivity contribution >= 4 is 35.0 Å². The van der Waals surface area contributed by atoms with E-state index in [1.54, 1.807) is 33.8 Å². The summed E-state index contributed by atoms with van der Waals surface area (Å²) in [6.07, 6.45) is 21.5. The molecule has 59 heavy (non-hydrogen) atoms. The predicted octanol–water partition coefficient (Wildman–Crippen LogP) is 8.44. The molecule has 0 aliphatic carbocycles. The summed E-state index contributed by atoms with van der Waals surface area (Å²) in [7, 11) is 7.50. The lowest BCUT2D eigenvalue weighted by Gasteiger charge is -2.23. The van der Waals surface area contributed by atoms with Gasteiger partial charge < -0.3 is 30.4 Å². The van der Waals surface area contributed by atoms with Crippen LogP contribution in [0.25, 0.3) is 31.2 Å². The van der Waals surface area contributed by atoms with Crippen molar-refractivity contribution in [3.05, 3.63) is 108 Å². The van der Waals surface area contributed by atoms with E-state index in [-0.39, 0.29) is 18.0 Å². The molecule has 2 atom stereocenters. The lowest BCUT2D eigenvalue weighted by Crippen LogP contribution is -2.32. The van der Waals surface area contributed by atoms with Crippen LogP contribution in [-0.4, -0.2) is 93.3 Å². The maximum Gasteiger partial charge on any atom is 0.227 e. The topological polar surface area (TPSA) is 148 Å². The van der Waals surface area contributed by atoms with Crippen LogP contribution in [0.3, 0.4) is 0 Å². The van der Waals surface area contributed by atoms with E-state index in [2.05, 4.69) is 84.6 Å². The minimum Gasteiger partial charge on any atom is -0.338 e. The molecule has 4 aromatic heterocycles. The van der Waals surface area contributed by atoms with Gasteiger partial charge in [-0.25, -0.2) is 19.9 Å². The van der Waals surface area contributed by atoms with E-state index in [1.165, 1.54) is 5.56 Å². The fourth-order valence-electron chi connectivity index (χ4n) is 6.40. The largest absolute Gasteiger partial charge is 0.338 e. The van der Waals surface area contributed by atoms with Crippen LogP contribution < -0.4 is 10.6 Å². The number of nitrogens with zero attached hydrogens (tertiary/aromatic N) is 6. The van der Waals surface area contributed by atoms with E-state index < -0.39 is 0 Å². The number of rotatable bonds is 9. The Morgan fingerprint density at radius 2 is 1.19 bits per heavy atom. The van der Waals surface area contributed by atoms with Gasteiger partial charge in [0.2, 0.25) is 12.3 Å². The van der Waals surface area contributed by atoms with Gasteiger partial charge in [-0.1, -0.05) is 81.4 Å². The number of imidazole rings is 2. The molecular weight excluding hydrogens is 777 g/mol. The summed E-state index contributed by atoms with van der Waals surface area (Å²) in [4.78, 5) is 55.5. The molecule has 6 heterocycles. The lowest BCUT2D eigenvalue weighted by atomic mass is 10.1. The zero-order valence-electron chi connectivity index (χ0n) is 35.4. The summed E-state index contributed by atoms with van der Waals surface area (Å²) in [5, 5.41) is 7.18. The molecule has 6 aromatic rings. The van der Waals surface area contributed by atoms with Gasteiger partial charge in [0.05, 0.1) is 52.0 Å². The Labute approximate surface area is 358 Å². The van der Waals surface area contributed by atoms with Crippen LogP contribution in [0.15, 0.2) is 85.5 Å². The van der Waals surface area contributed by atoms with Gasteiger partial charge in [0.15, 0.2) is 0 Å². The van der Waals surface area contributed by atoms with Gasteiger partial charge in [-0.3, -0.25) is 9.59 Å². The summed E-state index contributed by atoms with van der Waals surface area (Å²) >= 11 is 3.15. The molecule has 0 bridgehead atoms. The molecule has 2 aromatic carbocycles. The van der Waals surface area contributed by atoms with Crippen LogP contribution in [0.2, 0.25) is 0 Å². The van der Waals surface area contributed by atoms with Gasteiger partial charge in [-0.15, -0.1) is 35.5 Å². The quantitative estimate of drug-likeness (QED) is 0.0839. The maximum absolute atomic E-state index is 13.1. The molecule has 0 saturated carbocycles. The average molecular weight is 837 g/mol. The molecule has 2 aliphatic heterocycles. The second-order valence-electron chi connectivity index (χ2n) is 13.2. The summed E-state index contributed by atoms with van der Waals surface area (Å²) < 4.78 is 0. The van der Waals surface area contributed by atoms with E-state index >= 15 is 0 Å². The van der Waals surface area contributed by atoms with Crippen molar-refractivity contribution in [3.8, 4) is 44.0 Å².